The van der Waals surface area contributed by atoms with Gasteiger partial charge in [0.05, 0.1) is 6.54 Å². The second-order valence-corrected chi connectivity index (χ2v) is 10.3. The molecule has 2 bridgehead atoms. The number of amides is 1. The Balaban J connectivity index is 1.63. The highest BCUT2D eigenvalue weighted by Crippen LogP contribution is 2.54. The molecular weight excluding hydrogens is 508 g/mol. The molecule has 15 nitrogen and oxygen atoms in total. The van der Waals surface area contributed by atoms with Crippen LogP contribution in [0.2, 0.25) is 0 Å². The van der Waals surface area contributed by atoms with Gasteiger partial charge in [-0.2, -0.15) is 8.42 Å². The lowest BCUT2D eigenvalue weighted by molar-refractivity contribution is -0.448. The van der Waals surface area contributed by atoms with E-state index in [1.807, 2.05) is 0 Å². The molecule has 3 atom stereocenters. The van der Waals surface area contributed by atoms with E-state index in [-0.39, 0.29) is 17.4 Å². The predicted octanol–water partition coefficient (Wildman–Crippen LogP) is -1.17. The summed E-state index contributed by atoms with van der Waals surface area (Å²) in [6, 6.07) is 3.27. The molecule has 0 spiro atoms. The van der Waals surface area contributed by atoms with Gasteiger partial charge >= 0.3 is 16.3 Å². The van der Waals surface area contributed by atoms with Crippen LogP contribution in [0.25, 0.3) is 0 Å². The number of nitrogens with zero attached hydrogens (tertiary/aromatic N) is 4. The van der Waals surface area contributed by atoms with E-state index in [4.69, 9.17) is 15.3 Å². The number of nitrogens with one attached hydrogen (secondary N) is 1. The van der Waals surface area contributed by atoms with Gasteiger partial charge in [-0.3, -0.25) is 14.1 Å². The van der Waals surface area contributed by atoms with Gasteiger partial charge in [0.2, 0.25) is 5.60 Å². The molecule has 17 heteroatoms. The van der Waals surface area contributed by atoms with Gasteiger partial charge in [-0.1, -0.05) is 11.2 Å². The number of aliphatic carboxylic acids is 1. The number of carboxylic acid groups (broad SMARTS) is 1. The highest BCUT2D eigenvalue weighted by atomic mass is 32.2. The summed E-state index contributed by atoms with van der Waals surface area (Å²) < 4.78 is 40.7. The highest BCUT2D eigenvalue weighted by molar-refractivity contribution is 7.83. The number of carboxylic acids is 1. The van der Waals surface area contributed by atoms with E-state index >= 15 is 0 Å². The third kappa shape index (κ3) is 4.27. The lowest BCUT2D eigenvalue weighted by atomic mass is 9.84. The molecule has 5 rings (SSSR count). The molecule has 2 aromatic heterocycles. The molecule has 2 unspecified atom stereocenters. The lowest BCUT2D eigenvalue weighted by Crippen LogP contribution is -2.95. The van der Waals surface area contributed by atoms with Gasteiger partial charge < -0.3 is 30.3 Å². The van der Waals surface area contributed by atoms with Crippen molar-refractivity contribution >= 4 is 44.4 Å². The Kier molecular flexibility index (Phi) is 5.92. The summed E-state index contributed by atoms with van der Waals surface area (Å²) in [5.74, 6) is -2.25. The van der Waals surface area contributed by atoms with Crippen LogP contribution in [0.5, 0.6) is 0 Å². The minimum absolute atomic E-state index is 0.0138. The van der Waals surface area contributed by atoms with E-state index in [2.05, 4.69) is 15.5 Å². The number of carbonyl (C=O) groups is 2. The summed E-state index contributed by atoms with van der Waals surface area (Å²) >= 11 is 0.995. The first-order valence-electron chi connectivity index (χ1n) is 9.88. The van der Waals surface area contributed by atoms with E-state index < -0.39 is 57.0 Å². The molecule has 5 N–H and O–H groups in total. The van der Waals surface area contributed by atoms with E-state index in [1.165, 1.54) is 43.6 Å². The number of rotatable bonds is 9. The second-order valence-electron chi connectivity index (χ2n) is 8.16. The van der Waals surface area contributed by atoms with Crippen LogP contribution in [0.4, 0.5) is 5.13 Å². The number of hydrogen-bond acceptors (Lipinski definition) is 11. The summed E-state index contributed by atoms with van der Waals surface area (Å²) in [4.78, 5) is 45.6. The zero-order valence-electron chi connectivity index (χ0n) is 18.2. The van der Waals surface area contributed by atoms with Gasteiger partial charge in [-0.15, -0.1) is 15.6 Å². The number of ether oxygens (including phenoxy) is 1. The average Bonchev–Trinajstić information content (AvgIpc) is 3.15. The highest BCUT2D eigenvalue weighted by Gasteiger charge is 2.79. The summed E-state index contributed by atoms with van der Waals surface area (Å²) in [5.41, 5.74) is 1.16. The Hall–Kier alpha value is -3.38. The van der Waals surface area contributed by atoms with Crippen molar-refractivity contribution < 1.29 is 37.2 Å². The summed E-state index contributed by atoms with van der Waals surface area (Å²) in [6.07, 6.45) is 0.145. The predicted molar refractivity (Wildman–Crippen MR) is 119 cm³/mol. The van der Waals surface area contributed by atoms with E-state index in [9.17, 15) is 32.5 Å². The van der Waals surface area contributed by atoms with Crippen LogP contribution in [0.1, 0.15) is 19.5 Å². The van der Waals surface area contributed by atoms with Gasteiger partial charge in [0, 0.05) is 17.6 Å². The second kappa shape index (κ2) is 8.38. The molecule has 5 heterocycles. The smallest absolute Gasteiger partial charge is 0.350 e. The Morgan fingerprint density at radius 3 is 2.69 bits per heavy atom. The van der Waals surface area contributed by atoms with Gasteiger partial charge in [0.25, 0.3) is 11.5 Å². The van der Waals surface area contributed by atoms with Gasteiger partial charge in [-0.05, 0) is 19.9 Å². The van der Waals surface area contributed by atoms with Gasteiger partial charge in [0.15, 0.2) is 22.8 Å². The Bertz CT molecular complexity index is 1380. The normalized spacial score (nSPS) is 24.3. The quantitative estimate of drug-likeness (QED) is 0.173. The number of oxime groups is 1. The van der Waals surface area contributed by atoms with Crippen LogP contribution in [0, 0.1) is 0 Å². The fourth-order valence-corrected chi connectivity index (χ4v) is 5.10. The average molecular weight is 529 g/mol. The molecule has 35 heavy (non-hydrogen) atoms. The van der Waals surface area contributed by atoms with Crippen molar-refractivity contribution in [3.05, 3.63) is 45.8 Å². The fraction of sp³-hybridized carbons (Fsp3) is 0.389. The number of aromatic nitrogens is 2. The van der Waals surface area contributed by atoms with Gasteiger partial charge in [-0.25, -0.2) is 9.78 Å². The van der Waals surface area contributed by atoms with Crippen LogP contribution in [0.15, 0.2) is 39.7 Å². The molecule has 0 aliphatic carbocycles. The van der Waals surface area contributed by atoms with Crippen LogP contribution >= 0.6 is 11.3 Å². The van der Waals surface area contributed by atoms with Crippen molar-refractivity contribution in [3.8, 4) is 0 Å². The molecular formula is C18H20N6O9S2. The molecule has 0 radical (unpaired) electrons. The van der Waals surface area contributed by atoms with Crippen LogP contribution in [-0.4, -0.2) is 73.1 Å². The monoisotopic (exact) mass is 528 g/mol. The minimum Gasteiger partial charge on any atom is -0.478 e. The van der Waals surface area contributed by atoms with E-state index in [1.54, 1.807) is 0 Å². The number of hydrogen-bond donors (Lipinski definition) is 4. The van der Waals surface area contributed by atoms with Crippen LogP contribution < -0.4 is 16.6 Å². The fourth-order valence-electron chi connectivity index (χ4n) is 3.52. The maximum absolute atomic E-state index is 13.1. The summed E-state index contributed by atoms with van der Waals surface area (Å²) in [5, 5.41) is 17.0. The zero-order chi connectivity index (χ0) is 25.8. The van der Waals surface area contributed by atoms with Crippen molar-refractivity contribution in [2.24, 2.45) is 5.16 Å². The SMILES string of the molecule is CC(C)(O/N=C(\C(=O)N[C@H]1C2OC1(Cn1ccccc1=O)N2S(=O)(=O)O)c1csc(N)n1)C(=O)O. The molecule has 3 aliphatic rings. The lowest BCUT2D eigenvalue weighted by Gasteiger charge is -2.71. The maximum Gasteiger partial charge on any atom is 0.350 e. The van der Waals surface area contributed by atoms with Crippen LogP contribution in [0.3, 0.4) is 0 Å². The molecule has 1 amide bonds. The first-order valence-corrected chi connectivity index (χ1v) is 12.2. The molecule has 0 saturated carbocycles. The molecule has 2 aromatic rings. The van der Waals surface area contributed by atoms with Crippen molar-refractivity contribution in [1.29, 1.82) is 0 Å². The molecule has 3 fully saturated rings. The Morgan fingerprint density at radius 1 is 1.43 bits per heavy atom. The molecule has 3 saturated heterocycles. The van der Waals surface area contributed by atoms with Gasteiger partial charge in [0.1, 0.15) is 11.7 Å². The zero-order valence-corrected chi connectivity index (χ0v) is 19.8. The van der Waals surface area contributed by atoms with Crippen molar-refractivity contribution in [2.75, 3.05) is 5.73 Å². The minimum atomic E-state index is -4.74. The standard InChI is InChI=1S/C18H20N6O9S2/c1-17(2,15(27)28)33-22-11(9-7-34-16(19)20-9)13(26)21-12-14-24(35(29,30)31)18(12,32-14)8-23-6-4-3-5-10(23)25/h3-7,12,14H,8H2,1-2H3,(H2,19,20)(H,21,26)(H,27,28)(H,29,30,31)/b22-11-/t12-,14?,18?/m0/s1. The van der Waals surface area contributed by atoms with E-state index in [0.717, 1.165) is 15.9 Å². The van der Waals surface area contributed by atoms with Crippen molar-refractivity contribution in [3.63, 3.8) is 0 Å². The number of anilines is 1. The largest absolute Gasteiger partial charge is 0.478 e. The number of nitrogens with two attached hydrogens (primary N) is 1. The Labute approximate surface area is 201 Å². The molecule has 0 aromatic carbocycles. The number of thiazole rings is 1. The van der Waals surface area contributed by atoms with Crippen molar-refractivity contribution in [1.82, 2.24) is 19.2 Å². The molecule has 3 aliphatic heterocycles. The number of nitrogen functional groups attached to an aromatic ring is 1. The number of pyridine rings is 1. The maximum atomic E-state index is 13.1. The summed E-state index contributed by atoms with van der Waals surface area (Å²) in [6.45, 7) is 2.09. The van der Waals surface area contributed by atoms with Crippen LogP contribution in [-0.2, 0) is 36.0 Å². The first-order chi connectivity index (χ1) is 16.3. The summed E-state index contributed by atoms with van der Waals surface area (Å²) in [7, 11) is -4.74. The molecule has 188 valence electrons. The Morgan fingerprint density at radius 2 is 2.14 bits per heavy atom. The van der Waals surface area contributed by atoms with E-state index in [0.29, 0.717) is 4.31 Å². The van der Waals surface area contributed by atoms with Crippen molar-refractivity contribution in [2.45, 2.75) is 44.0 Å². The topological polar surface area (TPSA) is 216 Å². The number of carbonyl (C=O) groups excluding carboxylic acids is 1. The third-order valence-corrected chi connectivity index (χ3v) is 7.08. The first kappa shape index (κ1) is 24.7. The third-order valence-electron chi connectivity index (χ3n) is 5.39.